The van der Waals surface area contributed by atoms with Crippen molar-refractivity contribution in [1.82, 2.24) is 30.2 Å². The summed E-state index contributed by atoms with van der Waals surface area (Å²) in [5.41, 5.74) is 3.67. The molecular weight excluding hydrogens is 416 g/mol. The van der Waals surface area contributed by atoms with Crippen LogP contribution < -0.4 is 5.11 Å². The molecule has 0 aliphatic carbocycles. The molecule has 0 unspecified atom stereocenters. The van der Waals surface area contributed by atoms with Crippen LogP contribution in [0.2, 0.25) is 5.15 Å². The number of benzene rings is 2. The Kier molecular flexibility index (Phi) is 6.08. The van der Waals surface area contributed by atoms with Crippen molar-refractivity contribution in [2.75, 3.05) is 0 Å². The molecule has 0 amide bonds. The lowest BCUT2D eigenvalue weighted by Gasteiger charge is -2.14. The molecule has 9 heteroatoms. The molecule has 2 aromatic heterocycles. The largest absolute Gasteiger partial charge is 0.543 e. The number of tetrazole rings is 1. The summed E-state index contributed by atoms with van der Waals surface area (Å²) in [6.45, 7) is 2.41. The van der Waals surface area contributed by atoms with Crippen LogP contribution in [0.25, 0.3) is 22.5 Å². The number of aromatic amines is 1. The van der Waals surface area contributed by atoms with Crippen molar-refractivity contribution in [2.45, 2.75) is 32.7 Å². The molecule has 158 valence electrons. The van der Waals surface area contributed by atoms with Crippen molar-refractivity contribution >= 4 is 17.6 Å². The van der Waals surface area contributed by atoms with E-state index in [1.807, 2.05) is 48.5 Å². The summed E-state index contributed by atoms with van der Waals surface area (Å²) in [6.07, 6.45) is 2.52. The van der Waals surface area contributed by atoms with Crippen LogP contribution in [0, 0.1) is 0 Å². The first-order valence-corrected chi connectivity index (χ1v) is 10.3. The van der Waals surface area contributed by atoms with Gasteiger partial charge in [0.1, 0.15) is 11.5 Å². The van der Waals surface area contributed by atoms with Crippen LogP contribution in [-0.2, 0) is 13.0 Å². The fourth-order valence-electron chi connectivity index (χ4n) is 3.54. The summed E-state index contributed by atoms with van der Waals surface area (Å²) >= 11 is 6.09. The van der Waals surface area contributed by atoms with Gasteiger partial charge in [-0.3, -0.25) is 0 Å². The molecule has 0 bridgehead atoms. The predicted molar refractivity (Wildman–Crippen MR) is 114 cm³/mol. The number of unbranched alkanes of at least 4 members (excludes halogenated alkanes) is 1. The summed E-state index contributed by atoms with van der Waals surface area (Å²) in [7, 11) is 0. The van der Waals surface area contributed by atoms with Gasteiger partial charge in [0.2, 0.25) is 5.82 Å². The molecule has 0 aliphatic rings. The van der Waals surface area contributed by atoms with Gasteiger partial charge >= 0.3 is 0 Å². The van der Waals surface area contributed by atoms with E-state index < -0.39 is 5.97 Å². The fourth-order valence-corrected chi connectivity index (χ4v) is 3.81. The van der Waals surface area contributed by atoms with Crippen molar-refractivity contribution in [2.24, 2.45) is 0 Å². The SMILES string of the molecule is CCCCc1nc(Cl)c(C(=O)[O-])n1Cc1ccc(-c2ccccc2-c2nn[nH]n2)cc1. The third kappa shape index (κ3) is 4.34. The highest BCUT2D eigenvalue weighted by molar-refractivity contribution is 6.32. The fraction of sp³-hybridized carbons (Fsp3) is 0.227. The number of nitrogens with one attached hydrogen (secondary N) is 1. The number of nitrogens with zero attached hydrogens (tertiary/aromatic N) is 5. The minimum Gasteiger partial charge on any atom is -0.543 e. The number of carbonyl (C=O) groups excluding carboxylic acids is 1. The smallest absolute Gasteiger partial charge is 0.205 e. The number of aromatic carboxylic acids is 1. The van der Waals surface area contributed by atoms with Crippen molar-refractivity contribution in [3.63, 3.8) is 0 Å². The van der Waals surface area contributed by atoms with Crippen LogP contribution in [0.3, 0.4) is 0 Å². The highest BCUT2D eigenvalue weighted by Crippen LogP contribution is 2.30. The number of rotatable bonds is 8. The first-order chi connectivity index (χ1) is 15.1. The Morgan fingerprint density at radius 2 is 1.87 bits per heavy atom. The normalized spacial score (nSPS) is 11.0. The second kappa shape index (κ2) is 9.09. The Labute approximate surface area is 183 Å². The predicted octanol–water partition coefficient (Wildman–Crippen LogP) is 3.14. The molecule has 0 aliphatic heterocycles. The molecule has 0 spiro atoms. The lowest BCUT2D eigenvalue weighted by atomic mass is 9.98. The Bertz CT molecular complexity index is 1190. The Balaban J connectivity index is 1.65. The topological polar surface area (TPSA) is 112 Å². The maximum absolute atomic E-state index is 11.6. The first kappa shape index (κ1) is 20.7. The van der Waals surface area contributed by atoms with Crippen molar-refractivity contribution in [3.8, 4) is 22.5 Å². The minimum atomic E-state index is -1.33. The van der Waals surface area contributed by atoms with Gasteiger partial charge in [0.15, 0.2) is 5.15 Å². The molecule has 0 atom stereocenters. The number of carbonyl (C=O) groups is 1. The van der Waals surface area contributed by atoms with Crippen LogP contribution in [0.4, 0.5) is 0 Å². The summed E-state index contributed by atoms with van der Waals surface area (Å²) in [5, 5.41) is 25.9. The van der Waals surface area contributed by atoms with E-state index in [-0.39, 0.29) is 10.8 Å². The second-order valence-corrected chi connectivity index (χ2v) is 7.48. The van der Waals surface area contributed by atoms with Crippen LogP contribution >= 0.6 is 11.6 Å². The van der Waals surface area contributed by atoms with Gasteiger partial charge in [-0.15, -0.1) is 10.2 Å². The number of carboxylic acids is 1. The van der Waals surface area contributed by atoms with Gasteiger partial charge in [0.05, 0.1) is 5.97 Å². The average molecular weight is 436 g/mol. The summed E-state index contributed by atoms with van der Waals surface area (Å²) in [4.78, 5) is 15.9. The van der Waals surface area contributed by atoms with E-state index in [9.17, 15) is 9.90 Å². The van der Waals surface area contributed by atoms with Crippen LogP contribution in [0.5, 0.6) is 0 Å². The van der Waals surface area contributed by atoms with Gasteiger partial charge in [-0.2, -0.15) is 5.21 Å². The van der Waals surface area contributed by atoms with E-state index in [2.05, 4.69) is 32.5 Å². The zero-order valence-electron chi connectivity index (χ0n) is 16.9. The van der Waals surface area contributed by atoms with Gasteiger partial charge in [-0.25, -0.2) is 4.98 Å². The Hall–Kier alpha value is -3.52. The molecule has 0 fully saturated rings. The summed E-state index contributed by atoms with van der Waals surface area (Å²) in [5.74, 6) is -0.157. The highest BCUT2D eigenvalue weighted by atomic mass is 35.5. The maximum atomic E-state index is 11.6. The number of aryl methyl sites for hydroxylation is 1. The van der Waals surface area contributed by atoms with Gasteiger partial charge in [-0.05, 0) is 28.3 Å². The minimum absolute atomic E-state index is 0.0308. The molecule has 2 aromatic carbocycles. The third-order valence-corrected chi connectivity index (χ3v) is 5.33. The molecule has 1 N–H and O–H groups in total. The average Bonchev–Trinajstić information content (AvgIpc) is 3.41. The molecule has 4 aromatic rings. The van der Waals surface area contributed by atoms with E-state index in [1.165, 1.54) is 0 Å². The number of hydrogen-bond donors (Lipinski definition) is 1. The van der Waals surface area contributed by atoms with Gasteiger partial charge in [-0.1, -0.05) is 73.5 Å². The number of carboxylic acid groups (broad SMARTS) is 1. The number of halogens is 1. The summed E-state index contributed by atoms with van der Waals surface area (Å²) in [6, 6.07) is 15.7. The third-order valence-electron chi connectivity index (χ3n) is 5.07. The van der Waals surface area contributed by atoms with Crippen LogP contribution in [0.1, 0.15) is 41.6 Å². The summed E-state index contributed by atoms with van der Waals surface area (Å²) < 4.78 is 1.63. The van der Waals surface area contributed by atoms with E-state index in [0.29, 0.717) is 24.6 Å². The highest BCUT2D eigenvalue weighted by Gasteiger charge is 2.17. The maximum Gasteiger partial charge on any atom is 0.205 e. The van der Waals surface area contributed by atoms with Crippen molar-refractivity contribution < 1.29 is 9.90 Å². The Morgan fingerprint density at radius 3 is 2.52 bits per heavy atom. The van der Waals surface area contributed by atoms with E-state index >= 15 is 0 Å². The van der Waals surface area contributed by atoms with Crippen molar-refractivity contribution in [1.29, 1.82) is 0 Å². The van der Waals surface area contributed by atoms with Gasteiger partial charge in [0, 0.05) is 18.5 Å². The van der Waals surface area contributed by atoms with E-state index in [0.717, 1.165) is 35.1 Å². The molecule has 0 radical (unpaired) electrons. The quantitative estimate of drug-likeness (QED) is 0.455. The second-order valence-electron chi connectivity index (χ2n) is 7.12. The van der Waals surface area contributed by atoms with Gasteiger partial charge in [0.25, 0.3) is 0 Å². The van der Waals surface area contributed by atoms with Crippen LogP contribution in [0.15, 0.2) is 48.5 Å². The number of imidazole rings is 1. The zero-order chi connectivity index (χ0) is 21.8. The molecule has 0 saturated heterocycles. The molecule has 31 heavy (non-hydrogen) atoms. The van der Waals surface area contributed by atoms with E-state index in [4.69, 9.17) is 11.6 Å². The number of H-pyrrole nitrogens is 1. The number of aromatic nitrogens is 6. The zero-order valence-corrected chi connectivity index (χ0v) is 17.6. The molecular formula is C22H20ClN6O2-. The lowest BCUT2D eigenvalue weighted by molar-refractivity contribution is -0.255. The standard InChI is InChI=1S/C22H21ClN6O2/c1-2-3-8-18-24-20(23)19(22(30)31)29(18)13-14-9-11-15(12-10-14)16-6-4-5-7-17(16)21-25-27-28-26-21/h4-7,9-12H,2-3,8,13H2,1H3,(H,30,31)(H,25,26,27,28)/p-1. The molecule has 8 nitrogen and oxygen atoms in total. The molecule has 0 saturated carbocycles. The lowest BCUT2D eigenvalue weighted by Crippen LogP contribution is -2.26. The van der Waals surface area contributed by atoms with Crippen LogP contribution in [-0.4, -0.2) is 36.1 Å². The van der Waals surface area contributed by atoms with E-state index in [1.54, 1.807) is 4.57 Å². The Morgan fingerprint density at radius 1 is 1.13 bits per heavy atom. The molecule has 2 heterocycles. The number of hydrogen-bond acceptors (Lipinski definition) is 6. The monoisotopic (exact) mass is 435 g/mol. The van der Waals surface area contributed by atoms with Gasteiger partial charge < -0.3 is 14.5 Å². The molecule has 4 rings (SSSR count). The first-order valence-electron chi connectivity index (χ1n) is 9.97. The van der Waals surface area contributed by atoms with Crippen molar-refractivity contribution in [3.05, 3.63) is 70.8 Å².